The Kier molecular flexibility index (Phi) is 4.75. The Morgan fingerprint density at radius 3 is 2.10 bits per heavy atom. The Bertz CT molecular complexity index is 497. The highest BCUT2D eigenvalue weighted by Gasteiger charge is 2.62. The lowest BCUT2D eigenvalue weighted by molar-refractivity contribution is -0.273. The molecule has 0 heterocycles. The first-order valence-electron chi connectivity index (χ1n) is 5.78. The first-order valence-corrected chi connectivity index (χ1v) is 5.78. The molecule has 1 rings (SSSR count). The van der Waals surface area contributed by atoms with Crippen LogP contribution >= 0.6 is 0 Å². The van der Waals surface area contributed by atoms with Gasteiger partial charge in [0.2, 0.25) is 11.8 Å². The molecule has 0 fully saturated rings. The number of hydrogen-bond acceptors (Lipinski definition) is 2. The van der Waals surface area contributed by atoms with Crippen molar-refractivity contribution in [3.05, 3.63) is 24.3 Å². The smallest absolute Gasteiger partial charge is 0.399 e. The Labute approximate surface area is 116 Å². The van der Waals surface area contributed by atoms with Gasteiger partial charge in [0.1, 0.15) is 0 Å². The molecule has 0 unspecified atom stereocenters. The van der Waals surface area contributed by atoms with Crippen LogP contribution in [0.2, 0.25) is 0 Å². The zero-order valence-corrected chi connectivity index (χ0v) is 10.8. The molecule has 3 nitrogen and oxygen atoms in total. The van der Waals surface area contributed by atoms with Crippen LogP contribution in [0, 0.1) is 5.92 Å². The van der Waals surface area contributed by atoms with Crippen molar-refractivity contribution in [1.82, 2.24) is 0 Å². The number of nitrogen functional groups attached to an aromatic ring is 1. The summed E-state index contributed by atoms with van der Waals surface area (Å²) in [6, 6.07) is 5.07. The van der Waals surface area contributed by atoms with E-state index < -0.39 is 24.2 Å². The minimum atomic E-state index is -5.72. The summed E-state index contributed by atoms with van der Waals surface area (Å²) in [5.41, 5.74) is 5.41. The molecule has 1 aromatic rings. The molecular formula is C12H12F6N2O. The minimum absolute atomic E-state index is 0.120. The average molecular weight is 314 g/mol. The van der Waals surface area contributed by atoms with Crippen LogP contribution in [0.5, 0.6) is 0 Å². The lowest BCUT2D eigenvalue weighted by Gasteiger charge is -2.29. The fourth-order valence-electron chi connectivity index (χ4n) is 1.78. The highest BCUT2D eigenvalue weighted by molar-refractivity contribution is 5.96. The molecule has 0 saturated carbocycles. The van der Waals surface area contributed by atoms with Crippen molar-refractivity contribution in [3.63, 3.8) is 0 Å². The topological polar surface area (TPSA) is 46.3 Å². The number of amides is 1. The second-order valence-electron chi connectivity index (χ2n) is 4.19. The third-order valence-corrected chi connectivity index (χ3v) is 2.67. The summed E-state index contributed by atoms with van der Waals surface area (Å²) in [4.78, 5) is 12.1. The second kappa shape index (κ2) is 5.82. The Hall–Kier alpha value is -1.93. The molecule has 118 valence electrons. The number of anilines is 2. The number of rotatable bonds is 3. The van der Waals surface area contributed by atoms with Gasteiger partial charge >= 0.3 is 12.4 Å². The summed E-state index contributed by atoms with van der Waals surface area (Å²) in [5, 5.41) is 0. The highest BCUT2D eigenvalue weighted by atomic mass is 19.4. The zero-order valence-electron chi connectivity index (χ0n) is 10.8. The number of alkyl halides is 6. The Morgan fingerprint density at radius 1 is 1.19 bits per heavy atom. The maximum atomic E-state index is 12.6. The molecule has 0 aromatic heterocycles. The van der Waals surface area contributed by atoms with Gasteiger partial charge in [-0.25, -0.2) is 0 Å². The van der Waals surface area contributed by atoms with E-state index in [0.29, 0.717) is 4.90 Å². The Balaban J connectivity index is 3.23. The van der Waals surface area contributed by atoms with Gasteiger partial charge in [0.25, 0.3) is 0 Å². The standard InChI is InChI=1S/C12H12F6N2O/c1-2-20(8-5-3-4-7(19)6-8)10(21)9(11(13,14)15)12(16,17)18/h3-6,9H,2,19H2,1H3. The van der Waals surface area contributed by atoms with Crippen molar-refractivity contribution in [2.24, 2.45) is 5.92 Å². The third kappa shape index (κ3) is 4.02. The molecule has 0 bridgehead atoms. The molecule has 0 aliphatic carbocycles. The van der Waals surface area contributed by atoms with Crippen molar-refractivity contribution in [2.75, 3.05) is 17.2 Å². The van der Waals surface area contributed by atoms with Gasteiger partial charge in [0, 0.05) is 17.9 Å². The van der Waals surface area contributed by atoms with Gasteiger partial charge in [0.05, 0.1) is 0 Å². The van der Waals surface area contributed by atoms with Gasteiger partial charge in [-0.2, -0.15) is 26.3 Å². The van der Waals surface area contributed by atoms with Gasteiger partial charge in [-0.05, 0) is 25.1 Å². The predicted octanol–water partition coefficient (Wildman–Crippen LogP) is 3.36. The van der Waals surface area contributed by atoms with Gasteiger partial charge in [-0.15, -0.1) is 0 Å². The average Bonchev–Trinajstić information content (AvgIpc) is 2.25. The lowest BCUT2D eigenvalue weighted by Crippen LogP contribution is -2.49. The van der Waals surface area contributed by atoms with Crippen molar-refractivity contribution in [1.29, 1.82) is 0 Å². The van der Waals surface area contributed by atoms with E-state index in [9.17, 15) is 31.1 Å². The number of carbonyl (C=O) groups excluding carboxylic acids is 1. The van der Waals surface area contributed by atoms with Gasteiger partial charge < -0.3 is 10.6 Å². The summed E-state index contributed by atoms with van der Waals surface area (Å²) < 4.78 is 75.4. The van der Waals surface area contributed by atoms with Crippen LogP contribution in [-0.4, -0.2) is 24.8 Å². The molecule has 1 amide bonds. The largest absolute Gasteiger partial charge is 0.409 e. The molecule has 9 heteroatoms. The summed E-state index contributed by atoms with van der Waals surface area (Å²) in [5.74, 6) is -6.14. The predicted molar refractivity (Wildman–Crippen MR) is 64.5 cm³/mol. The molecule has 1 aromatic carbocycles. The van der Waals surface area contributed by atoms with E-state index in [1.165, 1.54) is 25.1 Å². The van der Waals surface area contributed by atoms with Crippen LogP contribution in [0.15, 0.2) is 24.3 Å². The Morgan fingerprint density at radius 2 is 1.71 bits per heavy atom. The minimum Gasteiger partial charge on any atom is -0.399 e. The fraction of sp³-hybridized carbons (Fsp3) is 0.417. The third-order valence-electron chi connectivity index (χ3n) is 2.67. The van der Waals surface area contributed by atoms with Crippen LogP contribution in [0.1, 0.15) is 6.92 Å². The summed E-state index contributed by atoms with van der Waals surface area (Å²) >= 11 is 0. The van der Waals surface area contributed by atoms with E-state index >= 15 is 0 Å². The maximum absolute atomic E-state index is 12.6. The zero-order chi connectivity index (χ0) is 16.4. The van der Waals surface area contributed by atoms with Gasteiger partial charge in [-0.3, -0.25) is 4.79 Å². The van der Waals surface area contributed by atoms with E-state index in [-0.39, 0.29) is 17.9 Å². The van der Waals surface area contributed by atoms with Crippen LogP contribution in [0.4, 0.5) is 37.7 Å². The fourth-order valence-corrected chi connectivity index (χ4v) is 1.78. The van der Waals surface area contributed by atoms with Crippen LogP contribution in [0.3, 0.4) is 0 Å². The molecule has 0 aliphatic rings. The van der Waals surface area contributed by atoms with Crippen LogP contribution in [0.25, 0.3) is 0 Å². The number of benzene rings is 1. The number of halogens is 6. The maximum Gasteiger partial charge on any atom is 0.409 e. The van der Waals surface area contributed by atoms with E-state index in [1.54, 1.807) is 0 Å². The van der Waals surface area contributed by atoms with E-state index in [0.717, 1.165) is 6.07 Å². The molecule has 0 saturated heterocycles. The number of nitrogens with two attached hydrogens (primary N) is 1. The molecule has 0 aliphatic heterocycles. The highest BCUT2D eigenvalue weighted by Crippen LogP contribution is 2.41. The molecule has 0 spiro atoms. The van der Waals surface area contributed by atoms with Crippen LogP contribution in [-0.2, 0) is 4.79 Å². The van der Waals surface area contributed by atoms with Gasteiger partial charge in [-0.1, -0.05) is 6.07 Å². The number of hydrogen-bond donors (Lipinski definition) is 1. The summed E-state index contributed by atoms with van der Waals surface area (Å²) in [6.07, 6.45) is -11.4. The monoisotopic (exact) mass is 314 g/mol. The molecule has 2 N–H and O–H groups in total. The molecule has 0 atom stereocenters. The van der Waals surface area contributed by atoms with Gasteiger partial charge in [0.15, 0.2) is 0 Å². The quantitative estimate of drug-likeness (QED) is 0.687. The first-order chi connectivity index (χ1) is 9.48. The SMILES string of the molecule is CCN(C(=O)C(C(F)(F)F)C(F)(F)F)c1cccc(N)c1. The van der Waals surface area contributed by atoms with E-state index in [2.05, 4.69) is 0 Å². The van der Waals surface area contributed by atoms with E-state index in [1.807, 2.05) is 0 Å². The summed E-state index contributed by atoms with van der Waals surface area (Å²) in [6.45, 7) is 0.913. The van der Waals surface area contributed by atoms with E-state index in [4.69, 9.17) is 5.73 Å². The molecule has 0 radical (unpaired) electrons. The number of carbonyl (C=O) groups is 1. The number of nitrogens with zero attached hydrogens (tertiary/aromatic N) is 1. The normalized spacial score (nSPS) is 12.6. The first kappa shape index (κ1) is 17.1. The molecular weight excluding hydrogens is 302 g/mol. The van der Waals surface area contributed by atoms with Crippen molar-refractivity contribution < 1.29 is 31.1 Å². The lowest BCUT2D eigenvalue weighted by atomic mass is 10.1. The molecule has 21 heavy (non-hydrogen) atoms. The second-order valence-corrected chi connectivity index (χ2v) is 4.19. The van der Waals surface area contributed by atoms with Crippen molar-refractivity contribution in [3.8, 4) is 0 Å². The van der Waals surface area contributed by atoms with Crippen LogP contribution < -0.4 is 10.6 Å². The summed E-state index contributed by atoms with van der Waals surface area (Å²) in [7, 11) is 0. The van der Waals surface area contributed by atoms with Crippen molar-refractivity contribution >= 4 is 17.3 Å². The van der Waals surface area contributed by atoms with Crippen molar-refractivity contribution in [2.45, 2.75) is 19.3 Å².